The largest absolute Gasteiger partial charge is 0.497 e. The number of aromatic nitrogens is 3. The van der Waals surface area contributed by atoms with Gasteiger partial charge in [0.1, 0.15) is 17.2 Å². The van der Waals surface area contributed by atoms with Crippen LogP contribution in [0.2, 0.25) is 0 Å². The first-order chi connectivity index (χ1) is 22.5. The van der Waals surface area contributed by atoms with Crippen molar-refractivity contribution in [1.82, 2.24) is 24.8 Å². The fourth-order valence-electron chi connectivity index (χ4n) is 4.67. The molecule has 3 N–H and O–H groups in total. The van der Waals surface area contributed by atoms with E-state index in [2.05, 4.69) is 15.3 Å². The molecule has 2 amide bonds. The summed E-state index contributed by atoms with van der Waals surface area (Å²) in [5, 5.41) is 17.2. The Morgan fingerprint density at radius 2 is 1.48 bits per heavy atom. The van der Waals surface area contributed by atoms with Gasteiger partial charge in [-0.1, -0.05) is 12.1 Å². The molecule has 1 aromatic carbocycles. The molecule has 1 saturated heterocycles. The van der Waals surface area contributed by atoms with Gasteiger partial charge in [0.2, 0.25) is 0 Å². The van der Waals surface area contributed by atoms with Crippen molar-refractivity contribution in [3.05, 3.63) is 78.1 Å². The van der Waals surface area contributed by atoms with E-state index in [1.807, 2.05) is 39.9 Å². The molecular weight excluding hydrogens is 660 g/mol. The van der Waals surface area contributed by atoms with E-state index < -0.39 is 36.0 Å². The number of benzene rings is 1. The molecule has 4 heterocycles. The molecule has 260 valence electrons. The zero-order valence-electron chi connectivity index (χ0n) is 25.0. The Morgan fingerprint density at radius 3 is 1.98 bits per heavy atom. The maximum atomic E-state index is 13.0. The van der Waals surface area contributed by atoms with Crippen LogP contribution in [-0.4, -0.2) is 92.1 Å². The second-order valence-electron chi connectivity index (χ2n) is 10.2. The van der Waals surface area contributed by atoms with Crippen molar-refractivity contribution >= 4 is 23.8 Å². The second kappa shape index (κ2) is 15.6. The minimum atomic E-state index is -5.08. The van der Waals surface area contributed by atoms with Crippen LogP contribution >= 0.6 is 0 Å². The standard InChI is InChI=1S/C25H27N5O4.2C2HF3O2/c1-33-20-4-2-18(3-5-20)16-28-22(31)21-17-30-15-12-27-24(30)25(34-21)8-13-29(14-9-25)23(32)19-6-10-26-11-7-19;2*3-2(4,5)1(6)7/h2-7,10-12,15,21H,8-9,13-14,16-17H2,1H3,(H,28,31);2*(H,6,7). The number of amides is 2. The molecular formula is C29H29F6N5O8. The summed E-state index contributed by atoms with van der Waals surface area (Å²) in [7, 11) is 1.62. The Kier molecular flexibility index (Phi) is 12.1. The molecule has 1 spiro atoms. The number of nitrogens with zero attached hydrogens (tertiary/aromatic N) is 4. The van der Waals surface area contributed by atoms with Gasteiger partial charge in [0.15, 0.2) is 6.10 Å². The zero-order valence-corrected chi connectivity index (χ0v) is 25.0. The van der Waals surface area contributed by atoms with Gasteiger partial charge in [-0.25, -0.2) is 14.6 Å². The first kappa shape index (κ1) is 37.3. The Hall–Kier alpha value is -5.20. The molecule has 3 aromatic rings. The minimum absolute atomic E-state index is 0.0230. The topological polar surface area (TPSA) is 173 Å². The molecule has 2 aromatic heterocycles. The van der Waals surface area contributed by atoms with Gasteiger partial charge < -0.3 is 34.5 Å². The highest BCUT2D eigenvalue weighted by molar-refractivity contribution is 5.94. The third-order valence-electron chi connectivity index (χ3n) is 7.04. The lowest BCUT2D eigenvalue weighted by Gasteiger charge is -2.45. The van der Waals surface area contributed by atoms with Gasteiger partial charge in [-0.3, -0.25) is 14.6 Å². The van der Waals surface area contributed by atoms with Gasteiger partial charge in [-0.05, 0) is 29.8 Å². The summed E-state index contributed by atoms with van der Waals surface area (Å²) in [5.74, 6) is -4.10. The van der Waals surface area contributed by atoms with Gasteiger partial charge in [0, 0.05) is 62.8 Å². The van der Waals surface area contributed by atoms with Crippen LogP contribution in [0.5, 0.6) is 5.75 Å². The lowest BCUT2D eigenvalue weighted by molar-refractivity contribution is -0.193. The van der Waals surface area contributed by atoms with Gasteiger partial charge in [0.25, 0.3) is 11.8 Å². The van der Waals surface area contributed by atoms with E-state index in [0.29, 0.717) is 44.6 Å². The lowest BCUT2D eigenvalue weighted by atomic mass is 9.88. The van der Waals surface area contributed by atoms with Crippen LogP contribution in [0, 0.1) is 0 Å². The molecule has 1 fully saturated rings. The Morgan fingerprint density at radius 1 is 0.938 bits per heavy atom. The number of carboxylic acids is 2. The number of alkyl halides is 6. The minimum Gasteiger partial charge on any atom is -0.497 e. The van der Waals surface area contributed by atoms with E-state index in [0.717, 1.165) is 17.1 Å². The molecule has 2 aliphatic rings. The van der Waals surface area contributed by atoms with E-state index in [1.54, 1.807) is 37.8 Å². The molecule has 1 atom stereocenters. The number of fused-ring (bicyclic) bond motifs is 2. The molecule has 1 unspecified atom stereocenters. The highest BCUT2D eigenvalue weighted by atomic mass is 19.4. The molecule has 0 radical (unpaired) electrons. The predicted octanol–water partition coefficient (Wildman–Crippen LogP) is 3.40. The number of pyridine rings is 1. The Labute approximate surface area is 268 Å². The predicted molar refractivity (Wildman–Crippen MR) is 150 cm³/mol. The van der Waals surface area contributed by atoms with Gasteiger partial charge in [-0.15, -0.1) is 0 Å². The highest BCUT2D eigenvalue weighted by Gasteiger charge is 2.47. The van der Waals surface area contributed by atoms with E-state index in [9.17, 15) is 35.9 Å². The van der Waals surface area contributed by atoms with Crippen LogP contribution in [0.15, 0.2) is 61.2 Å². The van der Waals surface area contributed by atoms with Gasteiger partial charge >= 0.3 is 24.3 Å². The van der Waals surface area contributed by atoms with E-state index in [-0.39, 0.29) is 11.8 Å². The lowest BCUT2D eigenvalue weighted by Crippen LogP contribution is -2.54. The highest BCUT2D eigenvalue weighted by Crippen LogP contribution is 2.40. The van der Waals surface area contributed by atoms with Crippen molar-refractivity contribution in [2.45, 2.75) is 50.0 Å². The quantitative estimate of drug-likeness (QED) is 0.337. The fraction of sp³-hybridized carbons (Fsp3) is 0.379. The average molecular weight is 690 g/mol. The normalized spacial score (nSPS) is 16.6. The first-order valence-corrected chi connectivity index (χ1v) is 13.9. The first-order valence-electron chi connectivity index (χ1n) is 13.9. The van der Waals surface area contributed by atoms with Crippen LogP contribution in [0.4, 0.5) is 26.3 Å². The number of piperidine rings is 1. The number of nitrogens with one attached hydrogen (secondary N) is 1. The number of rotatable bonds is 5. The molecule has 0 aliphatic carbocycles. The van der Waals surface area contributed by atoms with Gasteiger partial charge in [-0.2, -0.15) is 26.3 Å². The molecule has 48 heavy (non-hydrogen) atoms. The summed E-state index contributed by atoms with van der Waals surface area (Å²) >= 11 is 0. The number of methoxy groups -OCH3 is 1. The number of aliphatic carboxylic acids is 2. The average Bonchev–Trinajstić information content (AvgIpc) is 3.54. The Bertz CT molecular complexity index is 1530. The van der Waals surface area contributed by atoms with Crippen molar-refractivity contribution in [3.8, 4) is 5.75 Å². The number of halogens is 6. The number of carbonyl (C=O) groups excluding carboxylic acids is 2. The molecule has 2 aliphatic heterocycles. The maximum Gasteiger partial charge on any atom is 0.490 e. The maximum absolute atomic E-state index is 13.0. The molecule has 13 nitrogen and oxygen atoms in total. The third-order valence-corrected chi connectivity index (χ3v) is 7.04. The van der Waals surface area contributed by atoms with E-state index in [4.69, 9.17) is 29.3 Å². The van der Waals surface area contributed by atoms with Gasteiger partial charge in [0.05, 0.1) is 13.7 Å². The van der Waals surface area contributed by atoms with Crippen LogP contribution in [-0.2, 0) is 37.8 Å². The summed E-state index contributed by atoms with van der Waals surface area (Å²) in [4.78, 5) is 54.1. The van der Waals surface area contributed by atoms with Crippen molar-refractivity contribution in [2.24, 2.45) is 0 Å². The number of likely N-dealkylation sites (tertiary alicyclic amines) is 1. The van der Waals surface area contributed by atoms with Crippen molar-refractivity contribution < 1.29 is 65.2 Å². The number of ether oxygens (including phenoxy) is 2. The summed E-state index contributed by atoms with van der Waals surface area (Å²) in [6.45, 7) is 1.86. The summed E-state index contributed by atoms with van der Waals surface area (Å²) in [6.07, 6.45) is -2.79. The smallest absolute Gasteiger partial charge is 0.490 e. The summed E-state index contributed by atoms with van der Waals surface area (Å²) in [5.41, 5.74) is 0.900. The zero-order chi connectivity index (χ0) is 35.7. The molecule has 0 bridgehead atoms. The Balaban J connectivity index is 0.000000376. The number of hydrogen-bond acceptors (Lipinski definition) is 8. The number of carboxylic acid groups (broad SMARTS) is 2. The SMILES string of the molecule is COc1ccc(CNC(=O)C2Cn3ccnc3C3(CCN(C(=O)c4ccncc4)CC3)O2)cc1.O=C(O)C(F)(F)F.O=C(O)C(F)(F)F. The fourth-order valence-corrected chi connectivity index (χ4v) is 4.67. The monoisotopic (exact) mass is 689 g/mol. The number of hydrogen-bond donors (Lipinski definition) is 3. The van der Waals surface area contributed by atoms with Crippen LogP contribution in [0.25, 0.3) is 0 Å². The number of imidazole rings is 1. The number of carbonyl (C=O) groups is 4. The molecule has 0 saturated carbocycles. The van der Waals surface area contributed by atoms with E-state index >= 15 is 0 Å². The van der Waals surface area contributed by atoms with Crippen molar-refractivity contribution in [1.29, 1.82) is 0 Å². The molecule has 19 heteroatoms. The van der Waals surface area contributed by atoms with E-state index in [1.165, 1.54) is 0 Å². The second-order valence-corrected chi connectivity index (χ2v) is 10.2. The van der Waals surface area contributed by atoms with Crippen LogP contribution in [0.1, 0.15) is 34.6 Å². The summed E-state index contributed by atoms with van der Waals surface area (Å²) < 4.78 is 77.1. The third kappa shape index (κ3) is 9.90. The van der Waals surface area contributed by atoms with Crippen LogP contribution < -0.4 is 10.1 Å². The summed E-state index contributed by atoms with van der Waals surface area (Å²) in [6, 6.07) is 11.0. The van der Waals surface area contributed by atoms with Crippen molar-refractivity contribution in [2.75, 3.05) is 20.2 Å². The van der Waals surface area contributed by atoms with Crippen LogP contribution in [0.3, 0.4) is 0 Å². The molecule has 5 rings (SSSR count). The van der Waals surface area contributed by atoms with Crippen molar-refractivity contribution in [3.63, 3.8) is 0 Å².